The Hall–Kier alpha value is -1.96. The predicted molar refractivity (Wildman–Crippen MR) is 130 cm³/mol. The third-order valence-electron chi connectivity index (χ3n) is 4.83. The molecule has 0 fully saturated rings. The highest BCUT2D eigenvalue weighted by Gasteiger charge is 2.19. The van der Waals surface area contributed by atoms with E-state index in [1.165, 1.54) is 16.0 Å². The van der Waals surface area contributed by atoms with Crippen LogP contribution in [0.1, 0.15) is 55.8 Å². The summed E-state index contributed by atoms with van der Waals surface area (Å²) in [6.07, 6.45) is 0. The van der Waals surface area contributed by atoms with Gasteiger partial charge in [-0.2, -0.15) is 0 Å². The number of thioether (sulfide) groups is 1. The molecule has 4 aromatic rings. The SMILES string of the molecule is Cc1ccc(-c2nc(CSc3nnc(-c4csc(C(C)C)c4)n3C(C)C)cs2)cc1. The van der Waals surface area contributed by atoms with E-state index < -0.39 is 0 Å². The summed E-state index contributed by atoms with van der Waals surface area (Å²) in [6.45, 7) is 10.9. The van der Waals surface area contributed by atoms with Crippen LogP contribution in [0.15, 0.2) is 46.2 Å². The lowest BCUT2D eigenvalue weighted by Crippen LogP contribution is -2.04. The number of thiazole rings is 1. The Balaban J connectivity index is 1.52. The fraction of sp³-hybridized carbons (Fsp3) is 0.348. The Kier molecular flexibility index (Phi) is 6.41. The smallest absolute Gasteiger partial charge is 0.192 e. The lowest BCUT2D eigenvalue weighted by molar-refractivity contribution is 0.555. The van der Waals surface area contributed by atoms with Crippen LogP contribution in [-0.4, -0.2) is 19.7 Å². The Labute approximate surface area is 190 Å². The van der Waals surface area contributed by atoms with Crippen LogP contribution < -0.4 is 0 Å². The standard InChI is InChI=1S/C23H26N4S3/c1-14(2)20-10-18(11-28-20)21-25-26-23(27(21)15(3)4)30-13-19-12-29-22(24-19)17-8-6-16(5)7-9-17/h6-12,14-15H,13H2,1-5H3. The van der Waals surface area contributed by atoms with E-state index in [4.69, 9.17) is 4.98 Å². The molecule has 0 saturated heterocycles. The summed E-state index contributed by atoms with van der Waals surface area (Å²) in [4.78, 5) is 6.21. The molecule has 4 nitrogen and oxygen atoms in total. The molecule has 0 aliphatic carbocycles. The topological polar surface area (TPSA) is 43.6 Å². The summed E-state index contributed by atoms with van der Waals surface area (Å²) in [6, 6.07) is 11.1. The van der Waals surface area contributed by atoms with Crippen LogP contribution in [-0.2, 0) is 5.75 Å². The number of thiophene rings is 1. The van der Waals surface area contributed by atoms with E-state index in [9.17, 15) is 0 Å². The first-order valence-corrected chi connectivity index (χ1v) is 12.8. The molecule has 0 unspecified atom stereocenters. The fourth-order valence-corrected chi connectivity index (χ4v) is 5.95. The minimum absolute atomic E-state index is 0.290. The zero-order valence-electron chi connectivity index (χ0n) is 17.9. The van der Waals surface area contributed by atoms with Gasteiger partial charge in [0.15, 0.2) is 11.0 Å². The molecule has 0 amide bonds. The third-order valence-corrected chi connectivity index (χ3v) is 7.98. The molecule has 156 valence electrons. The van der Waals surface area contributed by atoms with Gasteiger partial charge < -0.3 is 0 Å². The highest BCUT2D eigenvalue weighted by Crippen LogP contribution is 2.34. The zero-order chi connectivity index (χ0) is 21.3. The summed E-state index contributed by atoms with van der Waals surface area (Å²) >= 11 is 5.20. The van der Waals surface area contributed by atoms with Gasteiger partial charge >= 0.3 is 0 Å². The number of hydrogen-bond donors (Lipinski definition) is 0. The molecule has 0 radical (unpaired) electrons. The maximum Gasteiger partial charge on any atom is 0.192 e. The summed E-state index contributed by atoms with van der Waals surface area (Å²) in [5.74, 6) is 2.27. The van der Waals surface area contributed by atoms with Crippen molar-refractivity contribution in [1.29, 1.82) is 0 Å². The van der Waals surface area contributed by atoms with Crippen LogP contribution >= 0.6 is 34.4 Å². The normalized spacial score (nSPS) is 11.7. The van der Waals surface area contributed by atoms with Crippen LogP contribution in [0.3, 0.4) is 0 Å². The van der Waals surface area contributed by atoms with Crippen molar-refractivity contribution in [3.05, 3.63) is 57.2 Å². The molecule has 0 spiro atoms. The summed E-state index contributed by atoms with van der Waals surface area (Å²) < 4.78 is 2.24. The first-order valence-electron chi connectivity index (χ1n) is 10.1. The molecule has 30 heavy (non-hydrogen) atoms. The second-order valence-corrected chi connectivity index (χ2v) is 10.7. The summed E-state index contributed by atoms with van der Waals surface area (Å²) in [7, 11) is 0. The monoisotopic (exact) mass is 454 g/mol. The molecule has 1 aromatic carbocycles. The minimum atomic E-state index is 0.290. The maximum atomic E-state index is 4.83. The molecular weight excluding hydrogens is 428 g/mol. The first-order chi connectivity index (χ1) is 14.4. The largest absolute Gasteiger partial charge is 0.299 e. The van der Waals surface area contributed by atoms with Crippen molar-refractivity contribution in [1.82, 2.24) is 19.7 Å². The second kappa shape index (κ2) is 9.04. The van der Waals surface area contributed by atoms with E-state index in [0.29, 0.717) is 12.0 Å². The summed E-state index contributed by atoms with van der Waals surface area (Å²) in [5.41, 5.74) is 4.68. The van der Waals surface area contributed by atoms with Gasteiger partial charge in [0, 0.05) is 38.6 Å². The Morgan fingerprint density at radius 1 is 0.967 bits per heavy atom. The van der Waals surface area contributed by atoms with Gasteiger partial charge in [-0.25, -0.2) is 4.98 Å². The molecule has 0 N–H and O–H groups in total. The maximum absolute atomic E-state index is 4.83. The van der Waals surface area contributed by atoms with Crippen molar-refractivity contribution in [2.75, 3.05) is 0 Å². The lowest BCUT2D eigenvalue weighted by Gasteiger charge is -2.12. The quantitative estimate of drug-likeness (QED) is 0.272. The van der Waals surface area contributed by atoms with Crippen LogP contribution in [0, 0.1) is 6.92 Å². The minimum Gasteiger partial charge on any atom is -0.299 e. The van der Waals surface area contributed by atoms with Crippen molar-refractivity contribution in [2.24, 2.45) is 0 Å². The van der Waals surface area contributed by atoms with E-state index in [2.05, 4.69) is 90.5 Å². The van der Waals surface area contributed by atoms with E-state index in [-0.39, 0.29) is 0 Å². The van der Waals surface area contributed by atoms with E-state index in [1.54, 1.807) is 34.4 Å². The number of benzene rings is 1. The molecule has 0 saturated carbocycles. The van der Waals surface area contributed by atoms with Crippen molar-refractivity contribution < 1.29 is 0 Å². The average Bonchev–Trinajstić information content (AvgIpc) is 3.45. The number of hydrogen-bond acceptors (Lipinski definition) is 6. The van der Waals surface area contributed by atoms with Gasteiger partial charge in [0.25, 0.3) is 0 Å². The molecule has 0 atom stereocenters. The van der Waals surface area contributed by atoms with Crippen LogP contribution in [0.2, 0.25) is 0 Å². The van der Waals surface area contributed by atoms with Crippen LogP contribution in [0.25, 0.3) is 22.0 Å². The Morgan fingerprint density at radius 3 is 2.40 bits per heavy atom. The number of nitrogens with zero attached hydrogens (tertiary/aromatic N) is 4. The number of rotatable bonds is 7. The molecule has 4 rings (SSSR count). The van der Waals surface area contributed by atoms with Crippen molar-refractivity contribution in [2.45, 2.75) is 57.5 Å². The fourth-order valence-electron chi connectivity index (χ4n) is 3.15. The molecule has 0 bridgehead atoms. The highest BCUT2D eigenvalue weighted by atomic mass is 32.2. The molecule has 7 heteroatoms. The van der Waals surface area contributed by atoms with Gasteiger partial charge in [-0.3, -0.25) is 4.57 Å². The van der Waals surface area contributed by atoms with Crippen molar-refractivity contribution in [3.63, 3.8) is 0 Å². The van der Waals surface area contributed by atoms with Gasteiger partial charge in [0.2, 0.25) is 0 Å². The van der Waals surface area contributed by atoms with Crippen molar-refractivity contribution in [3.8, 4) is 22.0 Å². The molecule has 3 aromatic heterocycles. The van der Waals surface area contributed by atoms with E-state index >= 15 is 0 Å². The van der Waals surface area contributed by atoms with Gasteiger partial charge in [-0.05, 0) is 32.8 Å². The molecule has 0 aliphatic rings. The molecule has 3 heterocycles. The molecule has 0 aliphatic heterocycles. The second-order valence-electron chi connectivity index (χ2n) is 7.96. The van der Waals surface area contributed by atoms with Gasteiger partial charge in [0.1, 0.15) is 5.01 Å². The van der Waals surface area contributed by atoms with Gasteiger partial charge in [-0.1, -0.05) is 55.4 Å². The Morgan fingerprint density at radius 2 is 1.73 bits per heavy atom. The average molecular weight is 455 g/mol. The third kappa shape index (κ3) is 4.53. The van der Waals surface area contributed by atoms with E-state index in [1.807, 2.05) is 0 Å². The first kappa shape index (κ1) is 21.3. The van der Waals surface area contributed by atoms with Crippen LogP contribution in [0.4, 0.5) is 0 Å². The number of aromatic nitrogens is 4. The van der Waals surface area contributed by atoms with Crippen molar-refractivity contribution >= 4 is 34.4 Å². The van der Waals surface area contributed by atoms with Crippen LogP contribution in [0.5, 0.6) is 0 Å². The highest BCUT2D eigenvalue weighted by molar-refractivity contribution is 7.98. The molecular formula is C23H26N4S3. The van der Waals surface area contributed by atoms with E-state index in [0.717, 1.165) is 33.0 Å². The Bertz CT molecular complexity index is 1120. The lowest BCUT2D eigenvalue weighted by atomic mass is 10.1. The predicted octanol–water partition coefficient (Wildman–Crippen LogP) is 7.44. The zero-order valence-corrected chi connectivity index (χ0v) is 20.4. The van der Waals surface area contributed by atoms with Gasteiger partial charge in [-0.15, -0.1) is 32.9 Å². The summed E-state index contributed by atoms with van der Waals surface area (Å²) in [5, 5.41) is 15.4. The van der Waals surface area contributed by atoms with Gasteiger partial charge in [0.05, 0.1) is 5.69 Å². The number of aryl methyl sites for hydroxylation is 1.